The highest BCUT2D eigenvalue weighted by Gasteiger charge is 2.30. The van der Waals surface area contributed by atoms with E-state index >= 15 is 0 Å². The maximum atomic E-state index is 5.36. The van der Waals surface area contributed by atoms with Crippen molar-refractivity contribution in [2.75, 3.05) is 26.2 Å². The van der Waals surface area contributed by atoms with E-state index in [1.807, 2.05) is 0 Å². The molecule has 1 saturated heterocycles. The van der Waals surface area contributed by atoms with Gasteiger partial charge in [0.15, 0.2) is 5.82 Å². The molecule has 0 radical (unpaired) electrons. The van der Waals surface area contributed by atoms with Crippen LogP contribution in [0.4, 0.5) is 0 Å². The third-order valence-corrected chi connectivity index (χ3v) is 3.46. The Morgan fingerprint density at radius 1 is 1.28 bits per heavy atom. The first-order valence-corrected chi connectivity index (χ1v) is 6.13. The highest BCUT2D eigenvalue weighted by atomic mass is 35.5. The largest absolute Gasteiger partial charge is 0.338 e. The summed E-state index contributed by atoms with van der Waals surface area (Å²) in [5, 5.41) is 7.41. The molecule has 0 amide bonds. The lowest BCUT2D eigenvalue weighted by atomic mass is 10.2. The molecule has 1 atom stereocenters. The minimum atomic E-state index is 0. The van der Waals surface area contributed by atoms with Crippen LogP contribution in [0.2, 0.25) is 0 Å². The van der Waals surface area contributed by atoms with E-state index in [-0.39, 0.29) is 30.9 Å². The van der Waals surface area contributed by atoms with Crippen LogP contribution in [0.3, 0.4) is 0 Å². The SMILES string of the molecule is CC(c1nc(C2CC2)no1)N1CCNCC1.Cl.Cl. The van der Waals surface area contributed by atoms with Gasteiger partial charge in [-0.25, -0.2) is 0 Å². The summed E-state index contributed by atoms with van der Waals surface area (Å²) in [7, 11) is 0. The predicted molar refractivity (Wildman–Crippen MR) is 73.6 cm³/mol. The second-order valence-corrected chi connectivity index (χ2v) is 4.73. The second kappa shape index (κ2) is 6.70. The Labute approximate surface area is 120 Å². The minimum absolute atomic E-state index is 0. The van der Waals surface area contributed by atoms with Crippen LogP contribution < -0.4 is 5.32 Å². The summed E-state index contributed by atoms with van der Waals surface area (Å²) < 4.78 is 5.36. The van der Waals surface area contributed by atoms with Crippen molar-refractivity contribution in [1.82, 2.24) is 20.4 Å². The molecule has 1 N–H and O–H groups in total. The summed E-state index contributed by atoms with van der Waals surface area (Å²) in [5.74, 6) is 2.27. The molecule has 1 unspecified atom stereocenters. The fraction of sp³-hybridized carbons (Fsp3) is 0.818. The molecule has 2 heterocycles. The molecule has 18 heavy (non-hydrogen) atoms. The summed E-state index contributed by atoms with van der Waals surface area (Å²) in [6.45, 7) is 6.36. The lowest BCUT2D eigenvalue weighted by Crippen LogP contribution is -2.44. The molecule has 2 fully saturated rings. The van der Waals surface area contributed by atoms with Gasteiger partial charge in [-0.15, -0.1) is 24.8 Å². The van der Waals surface area contributed by atoms with Gasteiger partial charge in [0.05, 0.1) is 6.04 Å². The van der Waals surface area contributed by atoms with Gasteiger partial charge < -0.3 is 9.84 Å². The Morgan fingerprint density at radius 3 is 2.56 bits per heavy atom. The maximum absolute atomic E-state index is 5.36. The third-order valence-electron chi connectivity index (χ3n) is 3.46. The van der Waals surface area contributed by atoms with Gasteiger partial charge in [-0.1, -0.05) is 5.16 Å². The minimum Gasteiger partial charge on any atom is -0.338 e. The van der Waals surface area contributed by atoms with Crippen LogP contribution in [0.5, 0.6) is 0 Å². The molecule has 1 aliphatic carbocycles. The summed E-state index contributed by atoms with van der Waals surface area (Å²) in [4.78, 5) is 6.90. The molecule has 3 rings (SSSR count). The van der Waals surface area contributed by atoms with Crippen molar-refractivity contribution in [3.8, 4) is 0 Å². The molecule has 7 heteroatoms. The first kappa shape index (κ1) is 15.7. The molecule has 0 spiro atoms. The number of hydrogen-bond acceptors (Lipinski definition) is 5. The van der Waals surface area contributed by atoms with E-state index in [1.54, 1.807) is 0 Å². The number of nitrogens with one attached hydrogen (secondary N) is 1. The zero-order chi connectivity index (χ0) is 11.0. The van der Waals surface area contributed by atoms with E-state index in [9.17, 15) is 0 Å². The number of rotatable bonds is 3. The first-order valence-electron chi connectivity index (χ1n) is 6.13. The number of hydrogen-bond donors (Lipinski definition) is 1. The van der Waals surface area contributed by atoms with E-state index < -0.39 is 0 Å². The van der Waals surface area contributed by atoms with E-state index in [0.717, 1.165) is 37.9 Å². The van der Waals surface area contributed by atoms with Crippen molar-refractivity contribution in [2.24, 2.45) is 0 Å². The zero-order valence-electron chi connectivity index (χ0n) is 10.5. The monoisotopic (exact) mass is 294 g/mol. The summed E-state index contributed by atoms with van der Waals surface area (Å²) >= 11 is 0. The Hall–Kier alpha value is -0.360. The molecule has 0 aromatic carbocycles. The number of piperazine rings is 1. The van der Waals surface area contributed by atoms with Crippen LogP contribution in [0.25, 0.3) is 0 Å². The molecule has 2 aliphatic rings. The Bertz CT molecular complexity index is 364. The highest BCUT2D eigenvalue weighted by molar-refractivity contribution is 5.85. The van der Waals surface area contributed by atoms with Crippen molar-refractivity contribution < 1.29 is 4.52 Å². The van der Waals surface area contributed by atoms with Crippen LogP contribution in [0, 0.1) is 0 Å². The Balaban J connectivity index is 0.000000810. The van der Waals surface area contributed by atoms with Gasteiger partial charge in [0.2, 0.25) is 5.89 Å². The van der Waals surface area contributed by atoms with Crippen LogP contribution >= 0.6 is 24.8 Å². The molecule has 5 nitrogen and oxygen atoms in total. The van der Waals surface area contributed by atoms with Gasteiger partial charge >= 0.3 is 0 Å². The molecule has 104 valence electrons. The highest BCUT2D eigenvalue weighted by Crippen LogP contribution is 2.38. The second-order valence-electron chi connectivity index (χ2n) is 4.73. The first-order chi connectivity index (χ1) is 7.84. The quantitative estimate of drug-likeness (QED) is 0.921. The van der Waals surface area contributed by atoms with Crippen molar-refractivity contribution >= 4 is 24.8 Å². The van der Waals surface area contributed by atoms with Gasteiger partial charge in [-0.2, -0.15) is 4.98 Å². The maximum Gasteiger partial charge on any atom is 0.243 e. The molecule has 1 aromatic rings. The average molecular weight is 295 g/mol. The van der Waals surface area contributed by atoms with E-state index in [1.165, 1.54) is 12.8 Å². The summed E-state index contributed by atoms with van der Waals surface area (Å²) in [5.41, 5.74) is 0. The normalized spacial score (nSPS) is 21.8. The van der Waals surface area contributed by atoms with Gasteiger partial charge in [-0.05, 0) is 19.8 Å². The van der Waals surface area contributed by atoms with E-state index in [2.05, 4.69) is 27.3 Å². The Morgan fingerprint density at radius 2 is 1.94 bits per heavy atom. The topological polar surface area (TPSA) is 54.2 Å². The summed E-state index contributed by atoms with van der Waals surface area (Å²) in [6, 6.07) is 0.252. The van der Waals surface area contributed by atoms with E-state index in [0.29, 0.717) is 5.92 Å². The van der Waals surface area contributed by atoms with Crippen LogP contribution in [0.1, 0.15) is 43.4 Å². The van der Waals surface area contributed by atoms with Crippen molar-refractivity contribution in [1.29, 1.82) is 0 Å². The molecule has 1 saturated carbocycles. The molecule has 0 bridgehead atoms. The van der Waals surface area contributed by atoms with Gasteiger partial charge in [0, 0.05) is 32.1 Å². The van der Waals surface area contributed by atoms with Crippen molar-refractivity contribution in [3.63, 3.8) is 0 Å². The van der Waals surface area contributed by atoms with Crippen LogP contribution in [-0.4, -0.2) is 41.2 Å². The number of halogens is 2. The third kappa shape index (κ3) is 3.35. The lowest BCUT2D eigenvalue weighted by Gasteiger charge is -2.30. The predicted octanol–water partition coefficient (Wildman–Crippen LogP) is 1.76. The molecule has 1 aromatic heterocycles. The summed E-state index contributed by atoms with van der Waals surface area (Å²) in [6.07, 6.45) is 2.45. The van der Waals surface area contributed by atoms with Gasteiger partial charge in [0.1, 0.15) is 0 Å². The molecular formula is C11H20Cl2N4O. The fourth-order valence-corrected chi connectivity index (χ4v) is 2.15. The standard InChI is InChI=1S/C11H18N4O.2ClH/c1-8(15-6-4-12-5-7-15)11-13-10(14-16-11)9-2-3-9;;/h8-9,12H,2-7H2,1H3;2*1H. The average Bonchev–Trinajstić information content (AvgIpc) is 3.08. The van der Waals surface area contributed by atoms with Crippen LogP contribution in [0.15, 0.2) is 4.52 Å². The van der Waals surface area contributed by atoms with Gasteiger partial charge in [-0.3, -0.25) is 4.90 Å². The van der Waals surface area contributed by atoms with Crippen LogP contribution in [-0.2, 0) is 0 Å². The molecule has 1 aliphatic heterocycles. The zero-order valence-corrected chi connectivity index (χ0v) is 12.1. The molecular weight excluding hydrogens is 275 g/mol. The number of nitrogens with zero attached hydrogens (tertiary/aromatic N) is 3. The Kier molecular flexibility index (Phi) is 5.85. The van der Waals surface area contributed by atoms with Crippen molar-refractivity contribution in [2.45, 2.75) is 31.7 Å². The van der Waals surface area contributed by atoms with Gasteiger partial charge in [0.25, 0.3) is 0 Å². The fourth-order valence-electron chi connectivity index (χ4n) is 2.15. The van der Waals surface area contributed by atoms with E-state index in [4.69, 9.17) is 4.52 Å². The van der Waals surface area contributed by atoms with Crippen molar-refractivity contribution in [3.05, 3.63) is 11.7 Å². The lowest BCUT2D eigenvalue weighted by molar-refractivity contribution is 0.154. The number of aromatic nitrogens is 2. The smallest absolute Gasteiger partial charge is 0.243 e.